The van der Waals surface area contributed by atoms with Crippen molar-refractivity contribution < 1.29 is 23.9 Å². The summed E-state index contributed by atoms with van der Waals surface area (Å²) in [6, 6.07) is 5.18. The van der Waals surface area contributed by atoms with Gasteiger partial charge in [-0.2, -0.15) is 0 Å². The van der Waals surface area contributed by atoms with Crippen molar-refractivity contribution in [1.82, 2.24) is 15.1 Å². The van der Waals surface area contributed by atoms with Crippen LogP contribution in [0, 0.1) is 0 Å². The molecule has 9 heteroatoms. The predicted octanol–water partition coefficient (Wildman–Crippen LogP) is 0.911. The van der Waals surface area contributed by atoms with E-state index in [1.165, 1.54) is 0 Å². The minimum Gasteiger partial charge on any atom is -0.459 e. The third kappa shape index (κ3) is 4.77. The van der Waals surface area contributed by atoms with Gasteiger partial charge in [0.1, 0.15) is 11.6 Å². The summed E-state index contributed by atoms with van der Waals surface area (Å²) in [4.78, 5) is 54.5. The lowest BCUT2D eigenvalue weighted by Crippen LogP contribution is -2.52. The number of rotatable bonds is 4. The highest BCUT2D eigenvalue weighted by Gasteiger charge is 2.39. The first kappa shape index (κ1) is 22.3. The summed E-state index contributed by atoms with van der Waals surface area (Å²) >= 11 is 0. The fourth-order valence-electron chi connectivity index (χ4n) is 4.48. The van der Waals surface area contributed by atoms with Crippen LogP contribution in [0.2, 0.25) is 0 Å². The van der Waals surface area contributed by atoms with Gasteiger partial charge < -0.3 is 14.5 Å². The molecule has 9 nitrogen and oxygen atoms in total. The average molecular weight is 443 g/mol. The summed E-state index contributed by atoms with van der Waals surface area (Å²) in [6.45, 7) is 9.28. The zero-order valence-corrected chi connectivity index (χ0v) is 18.8. The van der Waals surface area contributed by atoms with Crippen LogP contribution in [0.5, 0.6) is 0 Å². The molecule has 0 bridgehead atoms. The van der Waals surface area contributed by atoms with Crippen LogP contribution in [0.15, 0.2) is 18.2 Å². The van der Waals surface area contributed by atoms with E-state index in [1.54, 1.807) is 4.90 Å². The van der Waals surface area contributed by atoms with Crippen molar-refractivity contribution >= 4 is 29.4 Å². The maximum Gasteiger partial charge on any atom is 0.320 e. The largest absolute Gasteiger partial charge is 0.459 e. The molecule has 0 aliphatic carbocycles. The molecule has 3 aliphatic rings. The number of amides is 3. The fraction of sp³-hybridized carbons (Fsp3) is 0.565. The second kappa shape index (κ2) is 8.54. The number of piperidine rings is 1. The Morgan fingerprint density at radius 2 is 1.84 bits per heavy atom. The molecule has 32 heavy (non-hydrogen) atoms. The molecule has 0 saturated carbocycles. The monoisotopic (exact) mass is 442 g/mol. The van der Waals surface area contributed by atoms with Crippen LogP contribution < -0.4 is 10.2 Å². The number of ether oxygens (including phenoxy) is 1. The summed E-state index contributed by atoms with van der Waals surface area (Å²) in [5, 5.41) is 2.33. The van der Waals surface area contributed by atoms with Crippen molar-refractivity contribution in [3.05, 3.63) is 29.3 Å². The molecule has 1 unspecified atom stereocenters. The molecular weight excluding hydrogens is 412 g/mol. The molecule has 1 aromatic rings. The Morgan fingerprint density at radius 3 is 2.50 bits per heavy atom. The van der Waals surface area contributed by atoms with Crippen LogP contribution in [0.25, 0.3) is 0 Å². The molecule has 2 fully saturated rings. The van der Waals surface area contributed by atoms with Crippen molar-refractivity contribution in [3.63, 3.8) is 0 Å². The molecule has 172 valence electrons. The zero-order chi connectivity index (χ0) is 23.0. The SMILES string of the molecule is CC(C)(C)OC(=O)CN1CCN(c2ccc3c(c2)CN(C2CCC(=O)NC2=O)C3=O)CC1. The quantitative estimate of drug-likeness (QED) is 0.547. The number of nitrogens with one attached hydrogen (secondary N) is 1. The molecule has 1 atom stereocenters. The first-order valence-electron chi connectivity index (χ1n) is 11.1. The van der Waals surface area contributed by atoms with Crippen LogP contribution in [0.1, 0.15) is 49.5 Å². The lowest BCUT2D eigenvalue weighted by molar-refractivity contribution is -0.156. The normalized spacial score (nSPS) is 22.1. The van der Waals surface area contributed by atoms with Gasteiger partial charge in [0, 0.05) is 50.4 Å². The molecule has 1 N–H and O–H groups in total. The zero-order valence-electron chi connectivity index (χ0n) is 18.8. The van der Waals surface area contributed by atoms with Gasteiger partial charge in [0.05, 0.1) is 6.54 Å². The lowest BCUT2D eigenvalue weighted by atomic mass is 10.0. The second-order valence-electron chi connectivity index (χ2n) is 9.59. The second-order valence-corrected chi connectivity index (χ2v) is 9.59. The van der Waals surface area contributed by atoms with E-state index in [4.69, 9.17) is 4.74 Å². The number of carbonyl (C=O) groups excluding carboxylic acids is 4. The van der Waals surface area contributed by atoms with Crippen molar-refractivity contribution in [1.29, 1.82) is 0 Å². The van der Waals surface area contributed by atoms with Gasteiger partial charge in [0.15, 0.2) is 0 Å². The first-order chi connectivity index (χ1) is 15.1. The van der Waals surface area contributed by atoms with Crippen LogP contribution in [0.3, 0.4) is 0 Å². The lowest BCUT2D eigenvalue weighted by Gasteiger charge is -2.36. The maximum atomic E-state index is 12.9. The number of nitrogens with zero attached hydrogens (tertiary/aromatic N) is 3. The van der Waals surface area contributed by atoms with Crippen molar-refractivity contribution in [3.8, 4) is 0 Å². The van der Waals surface area contributed by atoms with Gasteiger partial charge in [0.2, 0.25) is 11.8 Å². The van der Waals surface area contributed by atoms with Crippen molar-refractivity contribution in [2.24, 2.45) is 0 Å². The summed E-state index contributed by atoms with van der Waals surface area (Å²) < 4.78 is 5.41. The van der Waals surface area contributed by atoms with E-state index in [0.29, 0.717) is 18.5 Å². The van der Waals surface area contributed by atoms with Gasteiger partial charge in [-0.1, -0.05) is 0 Å². The molecule has 4 rings (SSSR count). The molecule has 0 aromatic heterocycles. The molecule has 1 aromatic carbocycles. The fourth-order valence-corrected chi connectivity index (χ4v) is 4.48. The standard InChI is InChI=1S/C23H30N4O5/c1-23(2,3)32-20(29)14-25-8-10-26(11-9-25)16-4-5-17-15(12-16)13-27(22(17)31)18-6-7-19(28)24-21(18)30/h4-5,12,18H,6-11,13-14H2,1-3H3,(H,24,28,30). The van der Waals surface area contributed by atoms with Gasteiger partial charge in [0.25, 0.3) is 5.91 Å². The minimum atomic E-state index is -0.604. The van der Waals surface area contributed by atoms with Crippen molar-refractivity contribution in [2.45, 2.75) is 51.8 Å². The highest BCUT2D eigenvalue weighted by molar-refractivity contribution is 6.05. The van der Waals surface area contributed by atoms with E-state index >= 15 is 0 Å². The first-order valence-corrected chi connectivity index (χ1v) is 11.1. The molecule has 3 aliphatic heterocycles. The topological polar surface area (TPSA) is 99.3 Å². The number of hydrogen-bond acceptors (Lipinski definition) is 7. The minimum absolute atomic E-state index is 0.164. The Labute approximate surface area is 187 Å². The number of anilines is 1. The van der Waals surface area contributed by atoms with Crippen LogP contribution in [0.4, 0.5) is 5.69 Å². The molecule has 3 heterocycles. The molecule has 0 spiro atoms. The van der Waals surface area contributed by atoms with E-state index in [2.05, 4.69) is 15.1 Å². The van der Waals surface area contributed by atoms with E-state index in [1.807, 2.05) is 39.0 Å². The van der Waals surface area contributed by atoms with Gasteiger partial charge >= 0.3 is 5.97 Å². The van der Waals surface area contributed by atoms with Gasteiger partial charge in [-0.25, -0.2) is 0 Å². The highest BCUT2D eigenvalue weighted by atomic mass is 16.6. The van der Waals surface area contributed by atoms with Crippen LogP contribution in [-0.2, 0) is 25.7 Å². The number of imide groups is 1. The Morgan fingerprint density at radius 1 is 1.12 bits per heavy atom. The number of hydrogen-bond donors (Lipinski definition) is 1. The summed E-state index contributed by atoms with van der Waals surface area (Å²) in [5.41, 5.74) is 2.05. The Balaban J connectivity index is 1.36. The number of piperazine rings is 1. The number of fused-ring (bicyclic) bond motifs is 1. The van der Waals surface area contributed by atoms with E-state index in [0.717, 1.165) is 37.4 Å². The van der Waals surface area contributed by atoms with Crippen molar-refractivity contribution in [2.75, 3.05) is 37.6 Å². The predicted molar refractivity (Wildman–Crippen MR) is 117 cm³/mol. The summed E-state index contributed by atoms with van der Waals surface area (Å²) in [7, 11) is 0. The van der Waals surface area contributed by atoms with E-state index < -0.39 is 17.6 Å². The summed E-state index contributed by atoms with van der Waals surface area (Å²) in [5.74, 6) is -1.06. The third-order valence-corrected chi connectivity index (χ3v) is 6.02. The molecule has 2 saturated heterocycles. The molecule has 0 radical (unpaired) electrons. The number of benzene rings is 1. The van der Waals surface area contributed by atoms with Gasteiger partial charge in [-0.15, -0.1) is 0 Å². The maximum absolute atomic E-state index is 12.9. The van der Waals surface area contributed by atoms with Gasteiger partial charge in [-0.3, -0.25) is 29.4 Å². The Kier molecular flexibility index (Phi) is 5.94. The van der Waals surface area contributed by atoms with Crippen LogP contribution in [-0.4, -0.2) is 77.9 Å². The highest BCUT2D eigenvalue weighted by Crippen LogP contribution is 2.31. The van der Waals surface area contributed by atoms with E-state index in [9.17, 15) is 19.2 Å². The van der Waals surface area contributed by atoms with Gasteiger partial charge in [-0.05, 0) is 51.0 Å². The molecular formula is C23H30N4O5. The summed E-state index contributed by atoms with van der Waals surface area (Å²) in [6.07, 6.45) is 0.603. The number of carbonyl (C=O) groups is 4. The Bertz CT molecular complexity index is 946. The third-order valence-electron chi connectivity index (χ3n) is 6.02. The van der Waals surface area contributed by atoms with Crippen LogP contribution >= 0.6 is 0 Å². The molecule has 3 amide bonds. The number of esters is 1. The average Bonchev–Trinajstić information content (AvgIpc) is 3.03. The van der Waals surface area contributed by atoms with E-state index in [-0.39, 0.29) is 30.7 Å². The Hall–Kier alpha value is -2.94. The smallest absolute Gasteiger partial charge is 0.320 e.